The third-order valence-electron chi connectivity index (χ3n) is 2.17. The van der Waals surface area contributed by atoms with Crippen molar-refractivity contribution in [1.82, 2.24) is 0 Å². The predicted octanol–water partition coefficient (Wildman–Crippen LogP) is 1.27. The van der Waals surface area contributed by atoms with Crippen LogP contribution in [0.1, 0.15) is 12.0 Å². The molecule has 0 unspecified atom stereocenters. The van der Waals surface area contributed by atoms with E-state index in [-0.39, 0.29) is 5.43 Å². The largest absolute Gasteiger partial charge is 0.370 e. The lowest BCUT2D eigenvalue weighted by atomic mass is 10.3. The molecule has 16 heavy (non-hydrogen) atoms. The lowest BCUT2D eigenvalue weighted by Crippen LogP contribution is -2.23. The van der Waals surface area contributed by atoms with Gasteiger partial charge in [0, 0.05) is 13.6 Å². The standard InChI is InChI=1S/C12H11N3O/c1-15(7-3-6-13)11-8-10(9-14)4-2-5-12(11)16/h2,4-5,8H,3,7H2,1H3. The van der Waals surface area contributed by atoms with E-state index in [0.29, 0.717) is 24.2 Å². The highest BCUT2D eigenvalue weighted by Gasteiger charge is 2.04. The molecular weight excluding hydrogens is 202 g/mol. The van der Waals surface area contributed by atoms with E-state index < -0.39 is 0 Å². The Bertz CT molecular complexity index is 511. The number of rotatable bonds is 3. The molecule has 0 amide bonds. The monoisotopic (exact) mass is 213 g/mol. The fourth-order valence-corrected chi connectivity index (χ4v) is 1.30. The average Bonchev–Trinajstić information content (AvgIpc) is 2.47. The van der Waals surface area contributed by atoms with E-state index in [9.17, 15) is 4.79 Å². The molecule has 0 aromatic heterocycles. The second kappa shape index (κ2) is 5.53. The van der Waals surface area contributed by atoms with Gasteiger partial charge in [-0.1, -0.05) is 6.07 Å². The van der Waals surface area contributed by atoms with Gasteiger partial charge in [0.05, 0.1) is 29.8 Å². The molecule has 4 nitrogen and oxygen atoms in total. The summed E-state index contributed by atoms with van der Waals surface area (Å²) < 4.78 is 0. The predicted molar refractivity (Wildman–Crippen MR) is 60.9 cm³/mol. The van der Waals surface area contributed by atoms with Crippen molar-refractivity contribution in [1.29, 1.82) is 10.5 Å². The molecule has 0 bridgehead atoms. The van der Waals surface area contributed by atoms with Crippen molar-refractivity contribution >= 4 is 5.69 Å². The van der Waals surface area contributed by atoms with Crippen LogP contribution in [0.15, 0.2) is 29.1 Å². The third kappa shape index (κ3) is 2.83. The number of hydrogen-bond donors (Lipinski definition) is 0. The zero-order chi connectivity index (χ0) is 12.0. The quantitative estimate of drug-likeness (QED) is 0.758. The second-order valence-corrected chi connectivity index (χ2v) is 3.32. The van der Waals surface area contributed by atoms with Gasteiger partial charge in [0.25, 0.3) is 0 Å². The Morgan fingerprint density at radius 3 is 2.75 bits per heavy atom. The minimum absolute atomic E-state index is 0.151. The van der Waals surface area contributed by atoms with Crippen LogP contribution >= 0.6 is 0 Å². The van der Waals surface area contributed by atoms with Gasteiger partial charge in [-0.15, -0.1) is 0 Å². The highest BCUT2D eigenvalue weighted by Crippen LogP contribution is 2.08. The molecule has 0 aliphatic heterocycles. The molecule has 1 rings (SSSR count). The van der Waals surface area contributed by atoms with Crippen LogP contribution < -0.4 is 10.3 Å². The van der Waals surface area contributed by atoms with Gasteiger partial charge in [-0.3, -0.25) is 4.79 Å². The van der Waals surface area contributed by atoms with Gasteiger partial charge in [0.15, 0.2) is 0 Å². The van der Waals surface area contributed by atoms with Gasteiger partial charge in [-0.05, 0) is 18.2 Å². The first-order valence-electron chi connectivity index (χ1n) is 4.81. The smallest absolute Gasteiger partial charge is 0.201 e. The van der Waals surface area contributed by atoms with Gasteiger partial charge in [0.1, 0.15) is 0 Å². The molecule has 0 N–H and O–H groups in total. The fraction of sp³-hybridized carbons (Fsp3) is 0.250. The summed E-state index contributed by atoms with van der Waals surface area (Å²) in [5.74, 6) is 0. The minimum atomic E-state index is -0.151. The van der Waals surface area contributed by atoms with Crippen molar-refractivity contribution in [2.75, 3.05) is 18.5 Å². The van der Waals surface area contributed by atoms with Gasteiger partial charge >= 0.3 is 0 Å². The van der Waals surface area contributed by atoms with Crippen LogP contribution in [0.25, 0.3) is 0 Å². The van der Waals surface area contributed by atoms with Crippen molar-refractivity contribution in [3.8, 4) is 12.1 Å². The molecule has 1 aromatic rings. The number of nitriles is 2. The summed E-state index contributed by atoms with van der Waals surface area (Å²) in [6.45, 7) is 0.473. The molecule has 80 valence electrons. The van der Waals surface area contributed by atoms with E-state index >= 15 is 0 Å². The molecule has 0 spiro atoms. The molecule has 0 saturated heterocycles. The minimum Gasteiger partial charge on any atom is -0.370 e. The van der Waals surface area contributed by atoms with Crippen LogP contribution in [0.3, 0.4) is 0 Å². The summed E-state index contributed by atoms with van der Waals surface area (Å²) in [7, 11) is 1.73. The maximum Gasteiger partial charge on any atom is 0.201 e. The number of hydrogen-bond acceptors (Lipinski definition) is 4. The number of anilines is 1. The molecule has 0 aliphatic rings. The summed E-state index contributed by atoms with van der Waals surface area (Å²) >= 11 is 0. The van der Waals surface area contributed by atoms with Gasteiger partial charge < -0.3 is 4.90 Å². The van der Waals surface area contributed by atoms with E-state index in [2.05, 4.69) is 0 Å². The van der Waals surface area contributed by atoms with Crippen molar-refractivity contribution in [2.45, 2.75) is 6.42 Å². The number of nitrogens with zero attached hydrogens (tertiary/aromatic N) is 3. The zero-order valence-electron chi connectivity index (χ0n) is 8.97. The Kier molecular flexibility index (Phi) is 4.06. The first-order valence-corrected chi connectivity index (χ1v) is 4.81. The SMILES string of the molecule is CN(CCC#N)c1cc(C#N)cccc1=O. The Hall–Kier alpha value is -2.33. The van der Waals surface area contributed by atoms with Crippen molar-refractivity contribution in [2.24, 2.45) is 0 Å². The highest BCUT2D eigenvalue weighted by molar-refractivity contribution is 5.49. The van der Waals surface area contributed by atoms with Crippen LogP contribution in [-0.4, -0.2) is 13.6 Å². The summed E-state index contributed by atoms with van der Waals surface area (Å²) in [6.07, 6.45) is 0.344. The summed E-state index contributed by atoms with van der Waals surface area (Å²) in [4.78, 5) is 13.3. The maximum absolute atomic E-state index is 11.7. The van der Waals surface area contributed by atoms with E-state index in [4.69, 9.17) is 10.5 Å². The summed E-state index contributed by atoms with van der Waals surface area (Å²) in [6, 6.07) is 10.1. The third-order valence-corrected chi connectivity index (χ3v) is 2.17. The molecule has 0 aliphatic carbocycles. The molecule has 0 saturated carbocycles. The van der Waals surface area contributed by atoms with Crippen LogP contribution in [0.5, 0.6) is 0 Å². The lowest BCUT2D eigenvalue weighted by Gasteiger charge is -2.15. The van der Waals surface area contributed by atoms with Crippen LogP contribution in [-0.2, 0) is 0 Å². The molecule has 0 fully saturated rings. The second-order valence-electron chi connectivity index (χ2n) is 3.32. The highest BCUT2D eigenvalue weighted by atomic mass is 16.1. The van der Waals surface area contributed by atoms with E-state index in [1.54, 1.807) is 30.1 Å². The van der Waals surface area contributed by atoms with Gasteiger partial charge in [-0.25, -0.2) is 0 Å². The van der Waals surface area contributed by atoms with Gasteiger partial charge in [-0.2, -0.15) is 10.5 Å². The van der Waals surface area contributed by atoms with Crippen LogP contribution in [0.2, 0.25) is 0 Å². The van der Waals surface area contributed by atoms with E-state index in [1.807, 2.05) is 12.1 Å². The van der Waals surface area contributed by atoms with Crippen molar-refractivity contribution < 1.29 is 0 Å². The van der Waals surface area contributed by atoms with Crippen molar-refractivity contribution in [3.05, 3.63) is 40.1 Å². The molecule has 0 radical (unpaired) electrons. The maximum atomic E-state index is 11.7. The van der Waals surface area contributed by atoms with E-state index in [0.717, 1.165) is 0 Å². The molecule has 0 heterocycles. The van der Waals surface area contributed by atoms with Gasteiger partial charge in [0.2, 0.25) is 5.43 Å². The topological polar surface area (TPSA) is 67.9 Å². The van der Waals surface area contributed by atoms with E-state index in [1.165, 1.54) is 6.07 Å². The Balaban J connectivity index is 3.14. The first kappa shape index (κ1) is 11.7. The Morgan fingerprint density at radius 1 is 1.38 bits per heavy atom. The Morgan fingerprint density at radius 2 is 2.12 bits per heavy atom. The molecular formula is C12H11N3O. The molecule has 1 aromatic carbocycles. The normalized spacial score (nSPS) is 8.94. The summed E-state index contributed by atoms with van der Waals surface area (Å²) in [5, 5.41) is 17.3. The Labute approximate surface area is 94.0 Å². The van der Waals surface area contributed by atoms with Crippen molar-refractivity contribution in [3.63, 3.8) is 0 Å². The first-order chi connectivity index (χ1) is 7.69. The fourth-order valence-electron chi connectivity index (χ4n) is 1.30. The summed E-state index contributed by atoms with van der Waals surface area (Å²) in [5.41, 5.74) is 0.722. The average molecular weight is 213 g/mol. The molecule has 4 heteroatoms. The zero-order valence-corrected chi connectivity index (χ0v) is 8.97. The van der Waals surface area contributed by atoms with Crippen LogP contribution in [0, 0.1) is 22.7 Å². The molecule has 0 atom stereocenters. The van der Waals surface area contributed by atoms with Crippen LogP contribution in [0.4, 0.5) is 5.69 Å². The lowest BCUT2D eigenvalue weighted by molar-refractivity contribution is 0.902.